The molecule has 6 heteroatoms. The van der Waals surface area contributed by atoms with E-state index in [9.17, 15) is 19.5 Å². The highest BCUT2D eigenvalue weighted by atomic mass is 16.3. The van der Waals surface area contributed by atoms with Crippen molar-refractivity contribution in [1.29, 1.82) is 0 Å². The normalized spacial score (nSPS) is 28.1. The minimum atomic E-state index is -0.280. The van der Waals surface area contributed by atoms with Crippen molar-refractivity contribution < 1.29 is 19.5 Å². The Balaban J connectivity index is 1.48. The number of allylic oxidation sites excluding steroid dienone is 2. The Kier molecular flexibility index (Phi) is 4.50. The molecule has 0 radical (unpaired) electrons. The average molecular weight is 368 g/mol. The largest absolute Gasteiger partial charge is 0.508 e. The molecule has 1 N–H and O–H groups in total. The van der Waals surface area contributed by atoms with Gasteiger partial charge in [-0.3, -0.25) is 19.3 Å². The number of carbonyl (C=O) groups excluding carboxylic acids is 3. The Labute approximate surface area is 158 Å². The van der Waals surface area contributed by atoms with E-state index < -0.39 is 0 Å². The third kappa shape index (κ3) is 2.93. The Morgan fingerprint density at radius 3 is 2.37 bits per heavy atom. The summed E-state index contributed by atoms with van der Waals surface area (Å²) in [4.78, 5) is 41.2. The van der Waals surface area contributed by atoms with Gasteiger partial charge in [-0.25, -0.2) is 0 Å². The van der Waals surface area contributed by atoms with Crippen molar-refractivity contribution in [3.63, 3.8) is 0 Å². The Bertz CT molecular complexity index is 788. The molecule has 3 amide bonds. The van der Waals surface area contributed by atoms with Gasteiger partial charge in [0.2, 0.25) is 17.7 Å². The van der Waals surface area contributed by atoms with Crippen LogP contribution in [0.4, 0.5) is 0 Å². The lowest BCUT2D eigenvalue weighted by Crippen LogP contribution is -2.43. The number of hydrogen-bond acceptors (Lipinski definition) is 4. The number of aromatic hydroxyl groups is 1. The monoisotopic (exact) mass is 368 g/mol. The van der Waals surface area contributed by atoms with Gasteiger partial charge in [-0.1, -0.05) is 37.3 Å². The van der Waals surface area contributed by atoms with Gasteiger partial charge >= 0.3 is 0 Å². The second-order valence-electron chi connectivity index (χ2n) is 7.71. The molecule has 27 heavy (non-hydrogen) atoms. The lowest BCUT2D eigenvalue weighted by atomic mass is 9.85. The van der Waals surface area contributed by atoms with Crippen LogP contribution in [-0.4, -0.2) is 45.7 Å². The number of likely N-dealkylation sites (tertiary alicyclic amines) is 1. The molecular weight excluding hydrogens is 344 g/mol. The van der Waals surface area contributed by atoms with Gasteiger partial charge in [0.05, 0.1) is 11.8 Å². The van der Waals surface area contributed by atoms with Crippen molar-refractivity contribution in [1.82, 2.24) is 9.80 Å². The molecule has 1 aromatic rings. The van der Waals surface area contributed by atoms with Crippen molar-refractivity contribution in [2.75, 3.05) is 13.1 Å². The Morgan fingerprint density at radius 1 is 1.15 bits per heavy atom. The maximum atomic E-state index is 12.9. The summed E-state index contributed by atoms with van der Waals surface area (Å²) in [6.45, 7) is 2.51. The van der Waals surface area contributed by atoms with Crippen LogP contribution in [0.1, 0.15) is 25.3 Å². The first-order chi connectivity index (χ1) is 13.0. The molecule has 1 aromatic carbocycles. The molecule has 1 heterocycles. The highest BCUT2D eigenvalue weighted by molar-refractivity contribution is 6.08. The second-order valence-corrected chi connectivity index (χ2v) is 7.71. The third-order valence-corrected chi connectivity index (χ3v) is 6.05. The second kappa shape index (κ2) is 6.83. The Hall–Kier alpha value is -2.63. The maximum Gasteiger partial charge on any atom is 0.243 e. The molecular formula is C21H24N2O4. The van der Waals surface area contributed by atoms with E-state index in [2.05, 4.69) is 0 Å². The molecule has 4 rings (SSSR count). The maximum absolute atomic E-state index is 12.9. The molecule has 4 unspecified atom stereocenters. The molecule has 0 spiro atoms. The summed E-state index contributed by atoms with van der Waals surface area (Å²) < 4.78 is 0. The van der Waals surface area contributed by atoms with Crippen molar-refractivity contribution >= 4 is 17.7 Å². The van der Waals surface area contributed by atoms with Crippen LogP contribution in [0.25, 0.3) is 0 Å². The van der Waals surface area contributed by atoms with Crippen LogP contribution >= 0.6 is 0 Å². The van der Waals surface area contributed by atoms with Crippen molar-refractivity contribution in [2.24, 2.45) is 23.7 Å². The lowest BCUT2D eigenvalue weighted by molar-refractivity contribution is -0.147. The van der Waals surface area contributed by atoms with E-state index in [1.165, 1.54) is 0 Å². The molecule has 2 fully saturated rings. The number of benzene rings is 1. The average Bonchev–Trinajstić information content (AvgIpc) is 3.33. The highest BCUT2D eigenvalue weighted by Crippen LogP contribution is 2.52. The number of nitrogens with zero attached hydrogens (tertiary/aromatic N) is 2. The third-order valence-electron chi connectivity index (χ3n) is 6.05. The molecule has 1 aliphatic heterocycles. The van der Waals surface area contributed by atoms with E-state index >= 15 is 0 Å². The number of hydrogen-bond donors (Lipinski definition) is 1. The minimum absolute atomic E-state index is 0.136. The molecule has 4 atom stereocenters. The zero-order valence-corrected chi connectivity index (χ0v) is 15.4. The predicted octanol–water partition coefficient (Wildman–Crippen LogP) is 1.94. The summed E-state index contributed by atoms with van der Waals surface area (Å²) >= 11 is 0. The van der Waals surface area contributed by atoms with Gasteiger partial charge in [-0.15, -0.1) is 0 Å². The van der Waals surface area contributed by atoms with Crippen LogP contribution in [0.5, 0.6) is 5.75 Å². The standard InChI is InChI=1S/C21H24N2O4/c1-2-9-22(11-15-5-3-4-6-16(15)24)17(25)12-23-20(26)18-13-7-8-14(10-13)19(18)21(23)27/h3-8,13-14,18-19,24H,2,9-12H2,1H3. The topological polar surface area (TPSA) is 77.9 Å². The van der Waals surface area contributed by atoms with Crippen LogP contribution in [0.3, 0.4) is 0 Å². The van der Waals surface area contributed by atoms with Gasteiger partial charge in [0.15, 0.2) is 0 Å². The number of amides is 3. The fourth-order valence-corrected chi connectivity index (χ4v) is 4.77. The molecule has 1 saturated carbocycles. The number of para-hydroxylation sites is 1. The van der Waals surface area contributed by atoms with Gasteiger partial charge in [-0.05, 0) is 30.7 Å². The Morgan fingerprint density at radius 2 is 1.78 bits per heavy atom. The lowest BCUT2D eigenvalue weighted by Gasteiger charge is -2.25. The molecule has 142 valence electrons. The SMILES string of the molecule is CCCN(Cc1ccccc1O)C(=O)CN1C(=O)C2C3C=CC(C3)C2C1=O. The van der Waals surface area contributed by atoms with Gasteiger partial charge < -0.3 is 10.0 Å². The molecule has 1 saturated heterocycles. The summed E-state index contributed by atoms with van der Waals surface area (Å²) in [5, 5.41) is 9.99. The van der Waals surface area contributed by atoms with Gasteiger partial charge in [0.25, 0.3) is 0 Å². The van der Waals surface area contributed by atoms with Crippen molar-refractivity contribution in [3.05, 3.63) is 42.0 Å². The van der Waals surface area contributed by atoms with E-state index in [0.717, 1.165) is 17.7 Å². The molecule has 3 aliphatic rings. The summed E-state index contributed by atoms with van der Waals surface area (Å²) in [6.07, 6.45) is 5.72. The fraction of sp³-hybridized carbons (Fsp3) is 0.476. The van der Waals surface area contributed by atoms with Gasteiger partial charge in [-0.2, -0.15) is 0 Å². The molecule has 0 aromatic heterocycles. The number of carbonyl (C=O) groups is 3. The smallest absolute Gasteiger partial charge is 0.243 e. The van der Waals surface area contributed by atoms with E-state index in [0.29, 0.717) is 12.1 Å². The highest BCUT2D eigenvalue weighted by Gasteiger charge is 2.59. The summed E-state index contributed by atoms with van der Waals surface area (Å²) in [5.41, 5.74) is 0.650. The van der Waals surface area contributed by atoms with E-state index in [-0.39, 0.29) is 60.2 Å². The molecule has 6 nitrogen and oxygen atoms in total. The summed E-state index contributed by atoms with van der Waals surface area (Å²) in [7, 11) is 0. The van der Waals surface area contributed by atoms with Crippen molar-refractivity contribution in [2.45, 2.75) is 26.3 Å². The number of rotatable bonds is 6. The minimum Gasteiger partial charge on any atom is -0.508 e. The first-order valence-corrected chi connectivity index (χ1v) is 9.59. The van der Waals surface area contributed by atoms with Crippen LogP contribution in [0.2, 0.25) is 0 Å². The van der Waals surface area contributed by atoms with Crippen LogP contribution in [0, 0.1) is 23.7 Å². The van der Waals surface area contributed by atoms with Crippen LogP contribution in [0.15, 0.2) is 36.4 Å². The number of phenols is 1. The quantitative estimate of drug-likeness (QED) is 0.615. The number of phenolic OH excluding ortho intramolecular Hbond substituents is 1. The van der Waals surface area contributed by atoms with Gasteiger partial charge in [0, 0.05) is 18.7 Å². The van der Waals surface area contributed by atoms with Gasteiger partial charge in [0.1, 0.15) is 12.3 Å². The summed E-state index contributed by atoms with van der Waals surface area (Å²) in [6, 6.07) is 6.89. The fourth-order valence-electron chi connectivity index (χ4n) is 4.77. The number of fused-ring (bicyclic) bond motifs is 5. The number of imide groups is 1. The zero-order valence-electron chi connectivity index (χ0n) is 15.4. The summed E-state index contributed by atoms with van der Waals surface area (Å²) in [5.74, 6) is -0.798. The van der Waals surface area contributed by atoms with Crippen molar-refractivity contribution in [3.8, 4) is 5.75 Å². The molecule has 2 aliphatic carbocycles. The first kappa shape index (κ1) is 17.8. The van der Waals surface area contributed by atoms with E-state index in [1.807, 2.05) is 19.1 Å². The van der Waals surface area contributed by atoms with E-state index in [1.54, 1.807) is 29.2 Å². The van der Waals surface area contributed by atoms with Crippen LogP contribution in [-0.2, 0) is 20.9 Å². The first-order valence-electron chi connectivity index (χ1n) is 9.59. The van der Waals surface area contributed by atoms with Crippen LogP contribution < -0.4 is 0 Å². The predicted molar refractivity (Wildman–Crippen MR) is 98.3 cm³/mol. The molecule has 2 bridgehead atoms. The van der Waals surface area contributed by atoms with E-state index in [4.69, 9.17) is 0 Å². The zero-order chi connectivity index (χ0) is 19.1.